The first-order valence-electron chi connectivity index (χ1n) is 12.1. The molecule has 0 saturated carbocycles. The summed E-state index contributed by atoms with van der Waals surface area (Å²) in [7, 11) is 0. The van der Waals surface area contributed by atoms with Gasteiger partial charge in [0.05, 0.1) is 6.07 Å². The van der Waals surface area contributed by atoms with E-state index in [-0.39, 0.29) is 16.9 Å². The molecular weight excluding hydrogens is 428 g/mol. The van der Waals surface area contributed by atoms with E-state index in [0.717, 1.165) is 45.8 Å². The minimum atomic E-state index is -0.637. The average molecular weight is 461 g/mol. The molecule has 1 atom stereocenters. The van der Waals surface area contributed by atoms with E-state index in [4.69, 9.17) is 4.74 Å². The molecule has 176 valence electrons. The predicted molar refractivity (Wildman–Crippen MR) is 133 cm³/mol. The first-order chi connectivity index (χ1) is 16.0. The number of rotatable bonds is 2. The van der Waals surface area contributed by atoms with Crippen LogP contribution in [0.15, 0.2) is 36.4 Å². The van der Waals surface area contributed by atoms with Gasteiger partial charge in [0.1, 0.15) is 18.1 Å². The van der Waals surface area contributed by atoms with E-state index in [2.05, 4.69) is 63.5 Å². The van der Waals surface area contributed by atoms with Crippen molar-refractivity contribution >= 4 is 5.57 Å². The van der Waals surface area contributed by atoms with Gasteiger partial charge in [0.2, 0.25) is 5.36 Å². The molecule has 0 aromatic heterocycles. The molecule has 3 aromatic rings. The molecule has 3 aromatic carbocycles. The van der Waals surface area contributed by atoms with Crippen molar-refractivity contribution in [3.05, 3.63) is 92.0 Å². The zero-order valence-electron chi connectivity index (χ0n) is 21.1. The van der Waals surface area contributed by atoms with Crippen LogP contribution >= 0.6 is 0 Å². The Bertz CT molecular complexity index is 1480. The van der Waals surface area contributed by atoms with Crippen LogP contribution in [0.25, 0.3) is 5.57 Å². The van der Waals surface area contributed by atoms with E-state index in [1.165, 1.54) is 18.6 Å². The molecule has 0 aliphatic carbocycles. The Morgan fingerprint density at radius 3 is 2.44 bits per heavy atom. The van der Waals surface area contributed by atoms with Gasteiger partial charge in [-0.25, -0.2) is 13.4 Å². The maximum atomic E-state index is 15.4. The smallest absolute Gasteiger partial charge is 0.207 e. The Morgan fingerprint density at radius 2 is 1.76 bits per heavy atom. The fourth-order valence-corrected chi connectivity index (χ4v) is 6.01. The average Bonchev–Trinajstić information content (AvgIpc) is 2.76. The molecule has 2 aliphatic heterocycles. The molecule has 4 heteroatoms. The van der Waals surface area contributed by atoms with Crippen LogP contribution in [-0.2, 0) is 0 Å². The fourth-order valence-electron chi connectivity index (χ4n) is 6.01. The number of nitrogens with zero attached hydrogens (tertiary/aromatic N) is 1. The van der Waals surface area contributed by atoms with Crippen molar-refractivity contribution in [3.8, 4) is 11.5 Å². The second kappa shape index (κ2) is 7.76. The van der Waals surface area contributed by atoms with Crippen molar-refractivity contribution in [2.45, 2.75) is 66.3 Å². The largest absolute Gasteiger partial charge is 0.453 e. The minimum Gasteiger partial charge on any atom is -0.453 e. The number of hydrogen-bond donors (Lipinski definition) is 0. The van der Waals surface area contributed by atoms with E-state index in [1.807, 2.05) is 13.0 Å². The molecule has 0 spiro atoms. The number of ether oxygens (including phenoxy) is 1. The number of benzene rings is 3. The molecule has 5 rings (SSSR count). The van der Waals surface area contributed by atoms with Gasteiger partial charge in [0, 0.05) is 33.9 Å². The molecular formula is C30H32F2NO+. The van der Waals surface area contributed by atoms with E-state index < -0.39 is 11.6 Å². The summed E-state index contributed by atoms with van der Waals surface area (Å²) in [4.78, 5) is 0. The van der Waals surface area contributed by atoms with E-state index in [9.17, 15) is 4.39 Å². The summed E-state index contributed by atoms with van der Waals surface area (Å²) >= 11 is 0. The predicted octanol–water partition coefficient (Wildman–Crippen LogP) is 6.04. The molecule has 0 bridgehead atoms. The third kappa shape index (κ3) is 3.30. The molecule has 0 amide bonds. The number of fused-ring (bicyclic) bond motifs is 3. The van der Waals surface area contributed by atoms with Crippen LogP contribution in [0.5, 0.6) is 11.5 Å². The second-order valence-corrected chi connectivity index (χ2v) is 10.5. The normalized spacial score (nSPS) is 18.2. The monoisotopic (exact) mass is 460 g/mol. The van der Waals surface area contributed by atoms with E-state index >= 15 is 4.39 Å². The molecule has 34 heavy (non-hydrogen) atoms. The van der Waals surface area contributed by atoms with Crippen molar-refractivity contribution in [1.29, 1.82) is 0 Å². The molecule has 2 heterocycles. The highest BCUT2D eigenvalue weighted by Gasteiger charge is 2.39. The Hall–Kier alpha value is -3.01. The highest BCUT2D eigenvalue weighted by Crippen LogP contribution is 2.41. The quantitative estimate of drug-likeness (QED) is 0.332. The van der Waals surface area contributed by atoms with Gasteiger partial charge in [-0.3, -0.25) is 0 Å². The number of aryl methyl sites for hydroxylation is 2. The summed E-state index contributed by atoms with van der Waals surface area (Å²) in [6, 6.07) is 11.9. The summed E-state index contributed by atoms with van der Waals surface area (Å²) in [6.07, 6.45) is 1.03. The van der Waals surface area contributed by atoms with Gasteiger partial charge in [0.25, 0.3) is 0 Å². The van der Waals surface area contributed by atoms with Crippen LogP contribution < -0.4 is 19.9 Å². The van der Waals surface area contributed by atoms with Crippen LogP contribution in [0.4, 0.5) is 8.78 Å². The van der Waals surface area contributed by atoms with Crippen molar-refractivity contribution in [3.63, 3.8) is 0 Å². The van der Waals surface area contributed by atoms with Gasteiger partial charge < -0.3 is 4.74 Å². The summed E-state index contributed by atoms with van der Waals surface area (Å²) in [5, 5.41) is 2.02. The van der Waals surface area contributed by atoms with Gasteiger partial charge in [0.15, 0.2) is 17.1 Å². The lowest BCUT2D eigenvalue weighted by Gasteiger charge is -2.31. The molecule has 2 aliphatic rings. The first-order valence-corrected chi connectivity index (χ1v) is 12.1. The maximum absolute atomic E-state index is 15.4. The molecule has 0 N–H and O–H groups in total. The summed E-state index contributed by atoms with van der Waals surface area (Å²) < 4.78 is 38.8. The van der Waals surface area contributed by atoms with Crippen molar-refractivity contribution in [1.82, 2.24) is 4.58 Å². The SMILES string of the molecule is CC[N+]1=c2cc3c(cc2C(C)CC1(C)C)=C(c1ccc(C)cc1C)c1cc(F)c(C)c(F)c1O3. The number of halogens is 2. The van der Waals surface area contributed by atoms with Gasteiger partial charge in [-0.15, -0.1) is 0 Å². The van der Waals surface area contributed by atoms with Crippen LogP contribution in [0.3, 0.4) is 0 Å². The maximum Gasteiger partial charge on any atom is 0.207 e. The van der Waals surface area contributed by atoms with Crippen molar-refractivity contribution < 1.29 is 13.5 Å². The van der Waals surface area contributed by atoms with Gasteiger partial charge >= 0.3 is 0 Å². The lowest BCUT2D eigenvalue weighted by atomic mass is 9.81. The Labute approximate surface area is 200 Å². The Kier molecular flexibility index (Phi) is 5.20. The highest BCUT2D eigenvalue weighted by atomic mass is 19.1. The first kappa shape index (κ1) is 22.8. The summed E-state index contributed by atoms with van der Waals surface area (Å²) in [5.74, 6) is -0.120. The lowest BCUT2D eigenvalue weighted by Crippen LogP contribution is -2.52. The van der Waals surface area contributed by atoms with Gasteiger partial charge in [-0.05, 0) is 70.7 Å². The highest BCUT2D eigenvalue weighted by molar-refractivity contribution is 5.86. The van der Waals surface area contributed by atoms with Crippen LogP contribution in [0.2, 0.25) is 0 Å². The summed E-state index contributed by atoms with van der Waals surface area (Å²) in [5.41, 5.74) is 5.72. The lowest BCUT2D eigenvalue weighted by molar-refractivity contribution is 0.272. The van der Waals surface area contributed by atoms with Gasteiger partial charge in [-0.1, -0.05) is 30.7 Å². The molecule has 0 saturated heterocycles. The second-order valence-electron chi connectivity index (χ2n) is 10.5. The van der Waals surface area contributed by atoms with Crippen LogP contribution in [0.1, 0.15) is 73.4 Å². The zero-order chi connectivity index (χ0) is 24.5. The Balaban J connectivity index is 1.98. The number of hydrogen-bond acceptors (Lipinski definition) is 1. The van der Waals surface area contributed by atoms with E-state index in [1.54, 1.807) is 0 Å². The van der Waals surface area contributed by atoms with Crippen LogP contribution in [0, 0.1) is 32.4 Å². The van der Waals surface area contributed by atoms with Crippen LogP contribution in [-0.4, -0.2) is 12.1 Å². The topological polar surface area (TPSA) is 12.2 Å². The zero-order valence-corrected chi connectivity index (χ0v) is 21.1. The third-order valence-electron chi connectivity index (χ3n) is 7.61. The Morgan fingerprint density at radius 1 is 1.03 bits per heavy atom. The molecule has 1 unspecified atom stereocenters. The molecule has 0 fully saturated rings. The van der Waals surface area contributed by atoms with Crippen molar-refractivity contribution in [2.75, 3.05) is 6.54 Å². The summed E-state index contributed by atoms with van der Waals surface area (Å²) in [6.45, 7) is 15.4. The third-order valence-corrected chi connectivity index (χ3v) is 7.61. The molecule has 0 radical (unpaired) electrons. The standard InChI is InChI=1S/C30H32F2NO/c1-8-33-25-14-26-22(12-21(25)18(4)15-30(33,6)7)27(20-10-9-16(2)11-17(20)3)23-13-24(31)19(5)28(32)29(23)34-26/h9-14,18H,8,15H2,1-7H3/q+1. The van der Waals surface area contributed by atoms with Crippen molar-refractivity contribution in [2.24, 2.45) is 0 Å². The fraction of sp³-hybridized carbons (Fsp3) is 0.367. The molecule has 2 nitrogen and oxygen atoms in total. The minimum absolute atomic E-state index is 0.00698. The van der Waals surface area contributed by atoms with Gasteiger partial charge in [-0.2, -0.15) is 0 Å². The van der Waals surface area contributed by atoms with E-state index in [0.29, 0.717) is 17.2 Å².